The Morgan fingerprint density at radius 2 is 1.53 bits per heavy atom. The molecule has 0 saturated heterocycles. The maximum Gasteiger partial charge on any atom is 0.243 e. The lowest BCUT2D eigenvalue weighted by Crippen LogP contribution is -2.56. The fourth-order valence-corrected chi connectivity index (χ4v) is 3.46. The predicted molar refractivity (Wildman–Crippen MR) is 119 cm³/mol. The minimum atomic E-state index is -0.792. The van der Waals surface area contributed by atoms with Gasteiger partial charge in [-0.25, -0.2) is 0 Å². The number of benzene rings is 1. The molecule has 1 fully saturated rings. The van der Waals surface area contributed by atoms with E-state index in [0.29, 0.717) is 12.8 Å². The van der Waals surface area contributed by atoms with Crippen molar-refractivity contribution in [3.8, 4) is 0 Å². The zero-order valence-corrected chi connectivity index (χ0v) is 18.9. The van der Waals surface area contributed by atoms with Gasteiger partial charge in [-0.15, -0.1) is 0 Å². The summed E-state index contributed by atoms with van der Waals surface area (Å²) in [6.45, 7) is 9.76. The van der Waals surface area contributed by atoms with Crippen molar-refractivity contribution in [1.29, 1.82) is 0 Å². The van der Waals surface area contributed by atoms with Gasteiger partial charge in [0.15, 0.2) is 5.78 Å². The molecule has 0 aliphatic heterocycles. The molecule has 0 bridgehead atoms. The van der Waals surface area contributed by atoms with Gasteiger partial charge in [0.1, 0.15) is 6.04 Å². The Hall–Kier alpha value is -2.21. The molecule has 30 heavy (non-hydrogen) atoms. The molecule has 0 spiro atoms. The number of nitrogens with two attached hydrogens (primary N) is 1. The third kappa shape index (κ3) is 6.66. The van der Waals surface area contributed by atoms with Crippen LogP contribution in [0.2, 0.25) is 0 Å². The van der Waals surface area contributed by atoms with E-state index in [1.807, 2.05) is 65.0 Å². The van der Waals surface area contributed by atoms with Crippen LogP contribution in [0.5, 0.6) is 0 Å². The number of nitrogens with one attached hydrogen (secondary N) is 2. The SMILES string of the molecule is CC(C)CC(NC(=O)[C@H](Cc1ccccc1)NC(=O)[C@@H](N)C(C)C)C(=O)C1(C)CC1. The molecule has 1 aromatic carbocycles. The first-order valence-electron chi connectivity index (χ1n) is 11.0. The molecule has 3 atom stereocenters. The Bertz CT molecular complexity index is 741. The molecule has 2 rings (SSSR count). The molecule has 0 radical (unpaired) electrons. The standard InChI is InChI=1S/C24H37N3O3/c1-15(2)13-18(21(28)24(5)11-12-24)26-22(29)19(14-17-9-7-6-8-10-17)27-23(30)20(25)16(3)4/h6-10,15-16,18-20H,11-14,25H2,1-5H3,(H,26,29)(H,27,30)/t18?,19-,20-/m0/s1. The normalized spacial score (nSPS) is 17.9. The smallest absolute Gasteiger partial charge is 0.243 e. The van der Waals surface area contributed by atoms with E-state index in [0.717, 1.165) is 18.4 Å². The van der Waals surface area contributed by atoms with Crippen LogP contribution in [0.3, 0.4) is 0 Å². The van der Waals surface area contributed by atoms with Crippen molar-refractivity contribution in [2.45, 2.75) is 78.4 Å². The van der Waals surface area contributed by atoms with Crippen LogP contribution in [-0.4, -0.2) is 35.7 Å². The molecule has 1 unspecified atom stereocenters. The summed E-state index contributed by atoms with van der Waals surface area (Å²) in [5.41, 5.74) is 6.58. The van der Waals surface area contributed by atoms with Crippen molar-refractivity contribution in [2.24, 2.45) is 23.0 Å². The molecular formula is C24H37N3O3. The molecule has 1 aliphatic rings. The molecular weight excluding hydrogens is 378 g/mol. The number of amides is 2. The summed E-state index contributed by atoms with van der Waals surface area (Å²) in [4.78, 5) is 38.8. The highest BCUT2D eigenvalue weighted by Crippen LogP contribution is 2.47. The molecule has 6 nitrogen and oxygen atoms in total. The fourth-order valence-electron chi connectivity index (χ4n) is 3.46. The van der Waals surface area contributed by atoms with E-state index in [1.165, 1.54) is 0 Å². The maximum absolute atomic E-state index is 13.2. The lowest BCUT2D eigenvalue weighted by molar-refractivity contribution is -0.133. The number of hydrogen-bond donors (Lipinski definition) is 3. The van der Waals surface area contributed by atoms with E-state index in [4.69, 9.17) is 5.73 Å². The predicted octanol–water partition coefficient (Wildman–Crippen LogP) is 2.60. The lowest BCUT2D eigenvalue weighted by atomic mass is 9.91. The number of Topliss-reactive ketones (excluding diaryl/α,β-unsaturated/α-hetero) is 1. The van der Waals surface area contributed by atoms with Gasteiger partial charge >= 0.3 is 0 Å². The minimum Gasteiger partial charge on any atom is -0.344 e. The van der Waals surface area contributed by atoms with Crippen LogP contribution in [0.25, 0.3) is 0 Å². The summed E-state index contributed by atoms with van der Waals surface area (Å²) in [6, 6.07) is 7.48. The van der Waals surface area contributed by atoms with E-state index in [-0.39, 0.29) is 34.8 Å². The second kappa shape index (κ2) is 10.2. The number of hydrogen-bond acceptors (Lipinski definition) is 4. The number of carbonyl (C=O) groups is 3. The third-order valence-electron chi connectivity index (χ3n) is 5.87. The molecule has 0 heterocycles. The van der Waals surface area contributed by atoms with Gasteiger partial charge in [0, 0.05) is 11.8 Å². The monoisotopic (exact) mass is 415 g/mol. The first-order valence-corrected chi connectivity index (χ1v) is 11.0. The van der Waals surface area contributed by atoms with E-state index in [9.17, 15) is 14.4 Å². The Morgan fingerprint density at radius 3 is 2.03 bits per heavy atom. The summed E-state index contributed by atoms with van der Waals surface area (Å²) >= 11 is 0. The average molecular weight is 416 g/mol. The van der Waals surface area contributed by atoms with Crippen molar-refractivity contribution in [3.63, 3.8) is 0 Å². The van der Waals surface area contributed by atoms with Gasteiger partial charge in [-0.1, -0.05) is 65.0 Å². The van der Waals surface area contributed by atoms with Gasteiger partial charge in [0.25, 0.3) is 0 Å². The molecule has 0 aromatic heterocycles. The molecule has 1 saturated carbocycles. The van der Waals surface area contributed by atoms with Crippen LogP contribution in [-0.2, 0) is 20.8 Å². The van der Waals surface area contributed by atoms with Crippen LogP contribution >= 0.6 is 0 Å². The molecule has 4 N–H and O–H groups in total. The Kier molecular flexibility index (Phi) is 8.18. The topological polar surface area (TPSA) is 101 Å². The minimum absolute atomic E-state index is 0.0458. The van der Waals surface area contributed by atoms with Crippen molar-refractivity contribution in [3.05, 3.63) is 35.9 Å². The Balaban J connectivity index is 2.18. The van der Waals surface area contributed by atoms with Crippen LogP contribution < -0.4 is 16.4 Å². The van der Waals surface area contributed by atoms with Gasteiger partial charge in [-0.3, -0.25) is 14.4 Å². The van der Waals surface area contributed by atoms with Gasteiger partial charge in [0.2, 0.25) is 11.8 Å². The van der Waals surface area contributed by atoms with Crippen molar-refractivity contribution in [1.82, 2.24) is 10.6 Å². The summed E-state index contributed by atoms with van der Waals surface area (Å²) in [5, 5.41) is 5.76. The zero-order valence-electron chi connectivity index (χ0n) is 18.9. The third-order valence-corrected chi connectivity index (χ3v) is 5.87. The highest BCUT2D eigenvalue weighted by molar-refractivity contribution is 5.96. The molecule has 1 aromatic rings. The number of ketones is 1. The average Bonchev–Trinajstić information content (AvgIpc) is 3.44. The fraction of sp³-hybridized carbons (Fsp3) is 0.625. The van der Waals surface area contributed by atoms with Gasteiger partial charge in [-0.05, 0) is 36.7 Å². The van der Waals surface area contributed by atoms with Crippen LogP contribution in [0.1, 0.15) is 59.4 Å². The highest BCUT2D eigenvalue weighted by Gasteiger charge is 2.48. The maximum atomic E-state index is 13.2. The quantitative estimate of drug-likeness (QED) is 0.517. The largest absolute Gasteiger partial charge is 0.344 e. The highest BCUT2D eigenvalue weighted by atomic mass is 16.2. The Morgan fingerprint density at radius 1 is 0.967 bits per heavy atom. The molecule has 6 heteroatoms. The second-order valence-corrected chi connectivity index (χ2v) is 9.64. The van der Waals surface area contributed by atoms with Crippen LogP contribution in [0.4, 0.5) is 0 Å². The summed E-state index contributed by atoms with van der Waals surface area (Å²) in [5.74, 6) is -0.393. The van der Waals surface area contributed by atoms with E-state index in [1.54, 1.807) is 0 Å². The van der Waals surface area contributed by atoms with Gasteiger partial charge < -0.3 is 16.4 Å². The van der Waals surface area contributed by atoms with E-state index >= 15 is 0 Å². The second-order valence-electron chi connectivity index (χ2n) is 9.64. The lowest BCUT2D eigenvalue weighted by Gasteiger charge is -2.27. The Labute approximate surface area is 180 Å². The van der Waals surface area contributed by atoms with Crippen molar-refractivity contribution < 1.29 is 14.4 Å². The molecule has 2 amide bonds. The van der Waals surface area contributed by atoms with E-state index < -0.39 is 18.1 Å². The number of rotatable bonds is 11. The first kappa shape index (κ1) is 24.1. The summed E-state index contributed by atoms with van der Waals surface area (Å²) < 4.78 is 0. The first-order chi connectivity index (χ1) is 14.0. The van der Waals surface area contributed by atoms with Gasteiger partial charge in [0.05, 0.1) is 12.1 Å². The van der Waals surface area contributed by atoms with Crippen molar-refractivity contribution in [2.75, 3.05) is 0 Å². The zero-order chi connectivity index (χ0) is 22.5. The van der Waals surface area contributed by atoms with Crippen LogP contribution in [0.15, 0.2) is 30.3 Å². The summed E-state index contributed by atoms with van der Waals surface area (Å²) in [6.07, 6.45) is 2.65. The van der Waals surface area contributed by atoms with E-state index in [2.05, 4.69) is 10.6 Å². The number of carbonyl (C=O) groups excluding carboxylic acids is 3. The van der Waals surface area contributed by atoms with Gasteiger partial charge in [-0.2, -0.15) is 0 Å². The molecule has 166 valence electrons. The van der Waals surface area contributed by atoms with Crippen LogP contribution in [0, 0.1) is 17.3 Å². The summed E-state index contributed by atoms with van der Waals surface area (Å²) in [7, 11) is 0. The molecule has 1 aliphatic carbocycles. The van der Waals surface area contributed by atoms with Crippen molar-refractivity contribution >= 4 is 17.6 Å².